The summed E-state index contributed by atoms with van der Waals surface area (Å²) in [6.07, 6.45) is -1.32. The van der Waals surface area contributed by atoms with E-state index in [-0.39, 0.29) is 122 Å². The summed E-state index contributed by atoms with van der Waals surface area (Å²) in [5, 5.41) is 31.7. The quantitative estimate of drug-likeness (QED) is 0.501. The third-order valence-electron chi connectivity index (χ3n) is 2.71. The number of nitrogens with zero attached hydrogens (tertiary/aromatic N) is 1. The zero-order chi connectivity index (χ0) is 13.0. The van der Waals surface area contributed by atoms with Gasteiger partial charge in [-0.15, -0.1) is 0 Å². The van der Waals surface area contributed by atoms with Crippen LogP contribution in [0.2, 0.25) is 0 Å². The summed E-state index contributed by atoms with van der Waals surface area (Å²) < 4.78 is 0. The molecule has 0 saturated carbocycles. The van der Waals surface area contributed by atoms with E-state index in [1.807, 2.05) is 5.32 Å². The molecule has 10 heteroatoms. The molecule has 0 unspecified atom stereocenters. The van der Waals surface area contributed by atoms with Gasteiger partial charge in [-0.3, -0.25) is 0 Å². The van der Waals surface area contributed by atoms with Crippen LogP contribution in [0.15, 0.2) is 0 Å². The van der Waals surface area contributed by atoms with Crippen LogP contribution in [0.1, 0.15) is 0 Å². The van der Waals surface area contributed by atoms with Gasteiger partial charge in [-0.25, -0.2) is 0 Å². The number of hydrogen-bond acceptors (Lipinski definition) is 6. The number of aliphatic carboxylic acids is 2. The summed E-state index contributed by atoms with van der Waals surface area (Å²) >= 11 is 0. The van der Waals surface area contributed by atoms with Crippen molar-refractivity contribution in [3.63, 3.8) is 0 Å². The molecule has 1 amide bonds. The Labute approximate surface area is 195 Å². The Balaban J connectivity index is 0. The number of quaternary nitrogens is 1. The molecule has 2 rings (SSSR count). The van der Waals surface area contributed by atoms with E-state index in [9.17, 15) is 29.7 Å². The largest absolute Gasteiger partial charge is 1.00 e. The Morgan fingerprint density at radius 3 is 1.47 bits per heavy atom. The number of amides is 1. The number of rotatable bonds is 2. The smallest absolute Gasteiger partial charge is 0.550 e. The zero-order valence-corrected chi connectivity index (χ0v) is 17.2. The first-order valence-electron chi connectivity index (χ1n) is 5.11. The number of carbonyl (C=O) groups is 3. The molecule has 0 aromatic rings. The first kappa shape index (κ1) is 22.7. The van der Waals surface area contributed by atoms with Crippen molar-refractivity contribution >= 4 is 18.0 Å². The van der Waals surface area contributed by atoms with Gasteiger partial charge in [-0.05, 0) is 0 Å². The predicted molar refractivity (Wildman–Crippen MR) is 45.6 cm³/mol. The molecular weight excluding hydrogens is 310 g/mol. The van der Waals surface area contributed by atoms with E-state index in [1.165, 1.54) is 0 Å². The molecule has 2 saturated heterocycles. The van der Waals surface area contributed by atoms with Crippen LogP contribution in [-0.2, 0) is 9.59 Å². The Bertz CT molecular complexity index is 313. The van der Waals surface area contributed by atoms with Gasteiger partial charge in [0.05, 0.1) is 25.0 Å². The summed E-state index contributed by atoms with van der Waals surface area (Å²) in [5.41, 5.74) is 0. The minimum atomic E-state index is -1.32. The Kier molecular flexibility index (Phi) is 13.2. The van der Waals surface area contributed by atoms with Crippen molar-refractivity contribution in [1.82, 2.24) is 4.90 Å². The maximum Gasteiger partial charge on any atom is 1.00 e. The van der Waals surface area contributed by atoms with Gasteiger partial charge in [0.1, 0.15) is 6.09 Å². The molecule has 19 heavy (non-hydrogen) atoms. The van der Waals surface area contributed by atoms with Crippen molar-refractivity contribution in [1.29, 1.82) is 0 Å². The minimum Gasteiger partial charge on any atom is -0.550 e. The third-order valence-corrected chi connectivity index (χ3v) is 2.71. The second-order valence-electron chi connectivity index (χ2n) is 3.96. The molecule has 2 N–H and O–H groups in total. The van der Waals surface area contributed by atoms with E-state index >= 15 is 0 Å². The second-order valence-corrected chi connectivity index (χ2v) is 3.96. The average molecular weight is 322 g/mol. The fraction of sp³-hybridized carbons (Fsp3) is 0.667. The van der Waals surface area contributed by atoms with Crippen molar-refractivity contribution < 1.29 is 138 Å². The van der Waals surface area contributed by atoms with Crippen molar-refractivity contribution in [3.8, 4) is 0 Å². The molecule has 0 atom stereocenters. The maximum absolute atomic E-state index is 10.00. The Morgan fingerprint density at radius 1 is 0.895 bits per heavy atom. The zero-order valence-electron chi connectivity index (χ0n) is 11.0. The fourth-order valence-electron chi connectivity index (χ4n) is 1.30. The molecular formula is C9H12K2N2O6. The molecule has 2 fully saturated rings. The number of likely N-dealkylation sites (tertiary alicyclic amines) is 1. The van der Waals surface area contributed by atoms with Gasteiger partial charge in [-0.2, -0.15) is 0 Å². The van der Waals surface area contributed by atoms with Gasteiger partial charge in [0.25, 0.3) is 0 Å². The van der Waals surface area contributed by atoms with Gasteiger partial charge in [0, 0.05) is 25.0 Å². The standard InChI is InChI=1S/C5H7NO4.C4H7NO2.2K/c7-4(8)3-1-6(2-3)5(9)10;6-4(7)3-1-5-2-3;;/h3H,1-2H2,(H,7,8)(H,9,10);3,5H,1-2H2,(H,6,7);;/q;;2*+1/p-2. The molecule has 2 aliphatic rings. The predicted octanol–water partition coefficient (Wildman–Crippen LogP) is -12.1. The normalized spacial score (nSPS) is 17.4. The molecule has 0 aromatic heterocycles. The van der Waals surface area contributed by atoms with Crippen LogP contribution in [0.4, 0.5) is 4.79 Å². The molecule has 0 spiro atoms. The first-order valence-corrected chi connectivity index (χ1v) is 5.11. The Morgan fingerprint density at radius 2 is 1.32 bits per heavy atom. The van der Waals surface area contributed by atoms with Gasteiger partial charge in [-0.1, -0.05) is 0 Å². The van der Waals surface area contributed by atoms with Crippen molar-refractivity contribution in [2.75, 3.05) is 26.2 Å². The van der Waals surface area contributed by atoms with Gasteiger partial charge in [0.2, 0.25) is 0 Å². The summed E-state index contributed by atoms with van der Waals surface area (Å²) in [6, 6.07) is 0. The second kappa shape index (κ2) is 11.1. The van der Waals surface area contributed by atoms with Gasteiger partial charge in [0.15, 0.2) is 0 Å². The number of nitrogens with two attached hydrogens (primary N) is 1. The van der Waals surface area contributed by atoms with E-state index in [0.29, 0.717) is 13.1 Å². The summed E-state index contributed by atoms with van der Waals surface area (Å²) in [7, 11) is 0. The monoisotopic (exact) mass is 322 g/mol. The van der Waals surface area contributed by atoms with E-state index in [0.717, 1.165) is 4.90 Å². The van der Waals surface area contributed by atoms with E-state index in [2.05, 4.69) is 0 Å². The summed E-state index contributed by atoms with van der Waals surface area (Å²) in [5.74, 6) is -2.90. The van der Waals surface area contributed by atoms with Crippen LogP contribution < -0.4 is 123 Å². The van der Waals surface area contributed by atoms with Crippen LogP contribution in [-0.4, -0.2) is 49.1 Å². The third kappa shape index (κ3) is 7.85. The average Bonchev–Trinajstić information content (AvgIpc) is 1.94. The van der Waals surface area contributed by atoms with Crippen LogP contribution in [0.5, 0.6) is 0 Å². The van der Waals surface area contributed by atoms with Gasteiger partial charge < -0.3 is 39.9 Å². The number of hydrogen-bond donors (Lipinski definition) is 1. The number of carboxylic acids is 2. The SMILES string of the molecule is O=C([O-])C1CN(C(=O)[O-])C1.O=C([O-])C1C[NH2+]C1.[K+].[K+]. The van der Waals surface area contributed by atoms with Gasteiger partial charge >= 0.3 is 103 Å². The maximum atomic E-state index is 10.00. The summed E-state index contributed by atoms with van der Waals surface area (Å²) in [6.45, 7) is 1.43. The molecule has 0 bridgehead atoms. The molecule has 2 heterocycles. The fourth-order valence-corrected chi connectivity index (χ4v) is 1.30. The van der Waals surface area contributed by atoms with E-state index < -0.39 is 23.9 Å². The van der Waals surface area contributed by atoms with E-state index in [4.69, 9.17) is 0 Å². The van der Waals surface area contributed by atoms with Crippen molar-refractivity contribution in [2.24, 2.45) is 11.8 Å². The Hall–Kier alpha value is 1.44. The molecule has 8 nitrogen and oxygen atoms in total. The number of carbonyl (C=O) groups excluding carboxylic acids is 3. The first-order chi connectivity index (χ1) is 7.91. The van der Waals surface area contributed by atoms with E-state index in [1.54, 1.807) is 0 Å². The number of carboxylic acid groups (broad SMARTS) is 3. The molecule has 0 aliphatic carbocycles. The van der Waals surface area contributed by atoms with Crippen molar-refractivity contribution in [3.05, 3.63) is 0 Å². The van der Waals surface area contributed by atoms with Crippen LogP contribution in [0.25, 0.3) is 0 Å². The minimum absolute atomic E-state index is 0. The molecule has 0 radical (unpaired) electrons. The van der Waals surface area contributed by atoms with Crippen LogP contribution in [0, 0.1) is 11.8 Å². The van der Waals surface area contributed by atoms with Crippen LogP contribution >= 0.6 is 0 Å². The van der Waals surface area contributed by atoms with Crippen LogP contribution in [0.3, 0.4) is 0 Å². The summed E-state index contributed by atoms with van der Waals surface area (Å²) in [4.78, 5) is 30.7. The molecule has 96 valence electrons. The van der Waals surface area contributed by atoms with Crippen molar-refractivity contribution in [2.45, 2.75) is 0 Å². The topological polar surface area (TPSA) is 140 Å². The molecule has 2 aliphatic heterocycles. The molecule has 0 aromatic carbocycles.